The second-order valence-corrected chi connectivity index (χ2v) is 8.14. The summed E-state index contributed by atoms with van der Waals surface area (Å²) < 4.78 is 0. The molecule has 0 saturated heterocycles. The van der Waals surface area contributed by atoms with E-state index in [1.54, 1.807) is 6.92 Å². The Morgan fingerprint density at radius 3 is 2.32 bits per heavy atom. The van der Waals surface area contributed by atoms with Crippen molar-refractivity contribution in [3.8, 4) is 0 Å². The molecule has 0 radical (unpaired) electrons. The molecule has 0 saturated carbocycles. The number of thiazole rings is 1. The van der Waals surface area contributed by atoms with Gasteiger partial charge in [-0.3, -0.25) is 9.59 Å². The van der Waals surface area contributed by atoms with E-state index < -0.39 is 6.04 Å². The molecule has 1 heterocycles. The monoisotopic (exact) mass is 325 g/mol. The molecule has 1 atom stereocenters. The summed E-state index contributed by atoms with van der Waals surface area (Å²) in [5.74, 6) is 0.0740. The molecule has 124 valence electrons. The van der Waals surface area contributed by atoms with Crippen LogP contribution in [0.5, 0.6) is 0 Å². The van der Waals surface area contributed by atoms with Crippen LogP contribution in [0.15, 0.2) is 0 Å². The maximum absolute atomic E-state index is 12.3. The molecule has 0 spiro atoms. The summed E-state index contributed by atoms with van der Waals surface area (Å²) >= 11 is 1.41. The third-order valence-corrected chi connectivity index (χ3v) is 4.05. The van der Waals surface area contributed by atoms with Gasteiger partial charge >= 0.3 is 0 Å². The fourth-order valence-electron chi connectivity index (χ4n) is 1.91. The zero-order valence-corrected chi connectivity index (χ0v) is 15.4. The molecular weight excluding hydrogens is 298 g/mol. The number of carbonyl (C=O) groups excluding carboxylic acids is 2. The molecule has 1 aromatic heterocycles. The first kappa shape index (κ1) is 18.6. The van der Waals surface area contributed by atoms with Crippen LogP contribution in [0.2, 0.25) is 0 Å². The number of aromatic nitrogens is 1. The number of nitrogens with zero attached hydrogens (tertiary/aromatic N) is 1. The van der Waals surface area contributed by atoms with Gasteiger partial charge in [-0.15, -0.1) is 11.3 Å². The average Bonchev–Trinajstić information content (AvgIpc) is 2.66. The fourth-order valence-corrected chi connectivity index (χ4v) is 3.08. The first-order valence-corrected chi connectivity index (χ1v) is 8.40. The molecule has 0 bridgehead atoms. The van der Waals surface area contributed by atoms with Crippen molar-refractivity contribution in [2.45, 2.75) is 66.5 Å². The number of hydrogen-bond acceptors (Lipinski definition) is 4. The second kappa shape index (κ2) is 7.22. The summed E-state index contributed by atoms with van der Waals surface area (Å²) in [6, 6.07) is -0.582. The SMILES string of the molecule is Cc1nc(CC(C)C)sc1C(=O)N[C@@H](C)C(=O)NC(C)(C)C. The molecular formula is C16H27N3O2S. The Morgan fingerprint density at radius 1 is 1.23 bits per heavy atom. The van der Waals surface area contributed by atoms with Gasteiger partial charge < -0.3 is 10.6 Å². The Labute approximate surface area is 136 Å². The third kappa shape index (κ3) is 5.75. The molecule has 0 aliphatic rings. The molecule has 1 aromatic rings. The van der Waals surface area contributed by atoms with Gasteiger partial charge in [-0.2, -0.15) is 0 Å². The van der Waals surface area contributed by atoms with E-state index in [4.69, 9.17) is 0 Å². The maximum Gasteiger partial charge on any atom is 0.263 e. The van der Waals surface area contributed by atoms with Crippen LogP contribution < -0.4 is 10.6 Å². The number of rotatable bonds is 5. The Balaban J connectivity index is 2.72. The lowest BCUT2D eigenvalue weighted by molar-refractivity contribution is -0.124. The quantitative estimate of drug-likeness (QED) is 0.874. The minimum atomic E-state index is -0.582. The van der Waals surface area contributed by atoms with Gasteiger partial charge in [-0.1, -0.05) is 13.8 Å². The summed E-state index contributed by atoms with van der Waals surface area (Å²) in [6.45, 7) is 13.5. The van der Waals surface area contributed by atoms with Crippen LogP contribution in [0.4, 0.5) is 0 Å². The Morgan fingerprint density at radius 2 is 1.82 bits per heavy atom. The molecule has 0 unspecified atom stereocenters. The van der Waals surface area contributed by atoms with Crippen molar-refractivity contribution in [3.05, 3.63) is 15.6 Å². The van der Waals surface area contributed by atoms with Gasteiger partial charge in [0.15, 0.2) is 0 Å². The molecule has 1 rings (SSSR count). The van der Waals surface area contributed by atoms with Gasteiger partial charge in [0.1, 0.15) is 10.9 Å². The summed E-state index contributed by atoms with van der Waals surface area (Å²) in [7, 11) is 0. The van der Waals surface area contributed by atoms with E-state index >= 15 is 0 Å². The highest BCUT2D eigenvalue weighted by molar-refractivity contribution is 7.13. The van der Waals surface area contributed by atoms with Crippen LogP contribution >= 0.6 is 11.3 Å². The van der Waals surface area contributed by atoms with Crippen molar-refractivity contribution in [1.29, 1.82) is 0 Å². The summed E-state index contributed by atoms with van der Waals surface area (Å²) in [5.41, 5.74) is 0.405. The predicted molar refractivity (Wildman–Crippen MR) is 90.2 cm³/mol. The van der Waals surface area contributed by atoms with Crippen molar-refractivity contribution in [2.24, 2.45) is 5.92 Å². The minimum absolute atomic E-state index is 0.189. The summed E-state index contributed by atoms with van der Waals surface area (Å²) in [4.78, 5) is 29.4. The molecule has 0 fully saturated rings. The van der Waals surface area contributed by atoms with E-state index in [2.05, 4.69) is 29.5 Å². The van der Waals surface area contributed by atoms with Crippen LogP contribution in [0.3, 0.4) is 0 Å². The second-order valence-electron chi connectivity index (χ2n) is 7.05. The van der Waals surface area contributed by atoms with E-state index in [0.29, 0.717) is 10.8 Å². The van der Waals surface area contributed by atoms with Crippen LogP contribution in [-0.2, 0) is 11.2 Å². The third-order valence-electron chi connectivity index (χ3n) is 2.87. The highest BCUT2D eigenvalue weighted by Gasteiger charge is 2.23. The molecule has 0 aliphatic heterocycles. The Bertz CT molecular complexity index is 544. The summed E-state index contributed by atoms with van der Waals surface area (Å²) in [5, 5.41) is 6.56. The predicted octanol–water partition coefficient (Wildman–Crippen LogP) is 2.68. The van der Waals surface area contributed by atoms with Crippen molar-refractivity contribution in [1.82, 2.24) is 15.6 Å². The van der Waals surface area contributed by atoms with Gasteiger partial charge in [-0.25, -0.2) is 4.98 Å². The lowest BCUT2D eigenvalue weighted by Crippen LogP contribution is -2.50. The Kier molecular flexibility index (Phi) is 6.11. The lowest BCUT2D eigenvalue weighted by Gasteiger charge is -2.23. The van der Waals surface area contributed by atoms with E-state index in [1.165, 1.54) is 11.3 Å². The van der Waals surface area contributed by atoms with E-state index in [9.17, 15) is 9.59 Å². The van der Waals surface area contributed by atoms with Crippen LogP contribution in [0.25, 0.3) is 0 Å². The van der Waals surface area contributed by atoms with Crippen molar-refractivity contribution >= 4 is 23.2 Å². The van der Waals surface area contributed by atoms with Crippen molar-refractivity contribution in [3.63, 3.8) is 0 Å². The number of amides is 2. The van der Waals surface area contributed by atoms with Gasteiger partial charge in [0.25, 0.3) is 5.91 Å². The van der Waals surface area contributed by atoms with E-state index in [-0.39, 0.29) is 17.4 Å². The van der Waals surface area contributed by atoms with Crippen molar-refractivity contribution in [2.75, 3.05) is 0 Å². The first-order valence-electron chi connectivity index (χ1n) is 7.58. The topological polar surface area (TPSA) is 71.1 Å². The molecule has 2 N–H and O–H groups in total. The highest BCUT2D eigenvalue weighted by Crippen LogP contribution is 2.20. The molecule has 0 aliphatic carbocycles. The molecule has 22 heavy (non-hydrogen) atoms. The van der Waals surface area contributed by atoms with Gasteiger partial charge in [0.2, 0.25) is 5.91 Å². The van der Waals surface area contributed by atoms with Crippen LogP contribution in [0, 0.1) is 12.8 Å². The van der Waals surface area contributed by atoms with Gasteiger partial charge in [0, 0.05) is 12.0 Å². The zero-order valence-electron chi connectivity index (χ0n) is 14.5. The molecule has 6 heteroatoms. The number of aryl methyl sites for hydroxylation is 1. The maximum atomic E-state index is 12.3. The van der Waals surface area contributed by atoms with Gasteiger partial charge in [-0.05, 0) is 40.5 Å². The largest absolute Gasteiger partial charge is 0.350 e. The summed E-state index contributed by atoms with van der Waals surface area (Å²) in [6.07, 6.45) is 0.860. The molecule has 5 nitrogen and oxygen atoms in total. The smallest absolute Gasteiger partial charge is 0.263 e. The average molecular weight is 325 g/mol. The van der Waals surface area contributed by atoms with Gasteiger partial charge in [0.05, 0.1) is 10.7 Å². The standard InChI is InChI=1S/C16H27N3O2S/c1-9(2)8-12-17-10(3)13(22-12)15(21)18-11(4)14(20)19-16(5,6)7/h9,11H,8H2,1-7H3,(H,18,21)(H,19,20)/t11-/m0/s1. The zero-order chi connectivity index (χ0) is 17.1. The van der Waals surface area contributed by atoms with Crippen molar-refractivity contribution < 1.29 is 9.59 Å². The fraction of sp³-hybridized carbons (Fsp3) is 0.688. The minimum Gasteiger partial charge on any atom is -0.350 e. The lowest BCUT2D eigenvalue weighted by atomic mass is 10.1. The molecule has 0 aromatic carbocycles. The number of nitrogens with one attached hydrogen (secondary N) is 2. The van der Waals surface area contributed by atoms with E-state index in [1.807, 2.05) is 27.7 Å². The Hall–Kier alpha value is -1.43. The van der Waals surface area contributed by atoms with Crippen LogP contribution in [0.1, 0.15) is 61.9 Å². The number of carbonyl (C=O) groups is 2. The highest BCUT2D eigenvalue weighted by atomic mass is 32.1. The normalized spacial score (nSPS) is 13.1. The molecule has 2 amide bonds. The first-order chi connectivity index (χ1) is 9.99. The van der Waals surface area contributed by atoms with E-state index in [0.717, 1.165) is 17.1 Å². The number of hydrogen-bond donors (Lipinski definition) is 2. The van der Waals surface area contributed by atoms with Crippen LogP contribution in [-0.4, -0.2) is 28.4 Å².